The van der Waals surface area contributed by atoms with E-state index in [0.29, 0.717) is 22.5 Å². The third kappa shape index (κ3) is 2.90. The Balaban J connectivity index is 2.55. The minimum absolute atomic E-state index is 0.153. The first-order chi connectivity index (χ1) is 9.21. The molecule has 2 aromatic rings. The highest BCUT2D eigenvalue weighted by atomic mass is 35.6. The fourth-order valence-electron chi connectivity index (χ4n) is 2.05. The van der Waals surface area contributed by atoms with Gasteiger partial charge in [0.2, 0.25) is 3.79 Å². The van der Waals surface area contributed by atoms with Crippen molar-refractivity contribution in [2.75, 3.05) is 0 Å². The molecule has 6 heteroatoms. The SMILES string of the molecule is Cc1c(O)c(-c2cccc(C(Cl)(Cl)Cl)c2)nn1C(C)C. The molecule has 1 aromatic heterocycles. The van der Waals surface area contributed by atoms with Gasteiger partial charge in [0.05, 0.1) is 5.69 Å². The first-order valence-corrected chi connectivity index (χ1v) is 7.31. The maximum Gasteiger partial charge on any atom is 0.216 e. The predicted octanol–water partition coefficient (Wildman–Crippen LogP) is 4.97. The second-order valence-corrected chi connectivity index (χ2v) is 7.18. The van der Waals surface area contributed by atoms with Crippen LogP contribution in [0.4, 0.5) is 0 Å². The molecular formula is C14H15Cl3N2O. The Labute approximate surface area is 133 Å². The molecule has 0 aliphatic rings. The Kier molecular flexibility index (Phi) is 4.24. The molecule has 0 radical (unpaired) electrons. The van der Waals surface area contributed by atoms with E-state index in [2.05, 4.69) is 5.10 Å². The van der Waals surface area contributed by atoms with Crippen molar-refractivity contribution in [1.29, 1.82) is 0 Å². The van der Waals surface area contributed by atoms with Gasteiger partial charge in [0, 0.05) is 17.2 Å². The normalized spacial score (nSPS) is 12.2. The predicted molar refractivity (Wildman–Crippen MR) is 83.7 cm³/mol. The molecule has 0 bridgehead atoms. The summed E-state index contributed by atoms with van der Waals surface area (Å²) in [5, 5.41) is 14.7. The molecule has 0 saturated heterocycles. The number of hydrogen-bond donors (Lipinski definition) is 1. The fourth-order valence-corrected chi connectivity index (χ4v) is 2.40. The fraction of sp³-hybridized carbons (Fsp3) is 0.357. The second kappa shape index (κ2) is 5.47. The molecule has 108 valence electrons. The number of rotatable bonds is 2. The maximum absolute atomic E-state index is 10.2. The summed E-state index contributed by atoms with van der Waals surface area (Å²) in [6, 6.07) is 7.20. The van der Waals surface area contributed by atoms with Crippen LogP contribution in [0.3, 0.4) is 0 Å². The Bertz CT molecular complexity index is 630. The first-order valence-electron chi connectivity index (χ1n) is 6.17. The maximum atomic E-state index is 10.2. The lowest BCUT2D eigenvalue weighted by molar-refractivity contribution is 0.461. The molecular weight excluding hydrogens is 319 g/mol. The summed E-state index contributed by atoms with van der Waals surface area (Å²) in [5.41, 5.74) is 2.46. The first kappa shape index (κ1) is 15.5. The van der Waals surface area contributed by atoms with Crippen LogP contribution in [0.1, 0.15) is 31.1 Å². The number of hydrogen-bond acceptors (Lipinski definition) is 2. The minimum atomic E-state index is -1.50. The van der Waals surface area contributed by atoms with Crippen LogP contribution in [0, 0.1) is 6.92 Å². The molecule has 0 saturated carbocycles. The molecule has 0 fully saturated rings. The molecule has 0 unspecified atom stereocenters. The van der Waals surface area contributed by atoms with Crippen LogP contribution in [0.2, 0.25) is 0 Å². The van der Waals surface area contributed by atoms with Crippen molar-refractivity contribution < 1.29 is 5.11 Å². The van der Waals surface area contributed by atoms with E-state index in [1.807, 2.05) is 26.8 Å². The van der Waals surface area contributed by atoms with E-state index < -0.39 is 3.79 Å². The van der Waals surface area contributed by atoms with E-state index in [9.17, 15) is 5.11 Å². The van der Waals surface area contributed by atoms with E-state index in [0.717, 1.165) is 0 Å². The number of aromatic nitrogens is 2. The molecule has 3 nitrogen and oxygen atoms in total. The van der Waals surface area contributed by atoms with Crippen LogP contribution >= 0.6 is 34.8 Å². The summed E-state index contributed by atoms with van der Waals surface area (Å²) < 4.78 is 0.272. The molecule has 1 N–H and O–H groups in total. The average Bonchev–Trinajstić information content (AvgIpc) is 2.66. The van der Waals surface area contributed by atoms with E-state index >= 15 is 0 Å². The smallest absolute Gasteiger partial charge is 0.216 e. The summed E-state index contributed by atoms with van der Waals surface area (Å²) in [6.45, 7) is 5.83. The van der Waals surface area contributed by atoms with Crippen molar-refractivity contribution in [1.82, 2.24) is 9.78 Å². The quantitative estimate of drug-likeness (QED) is 0.788. The molecule has 1 aromatic carbocycles. The van der Waals surface area contributed by atoms with Crippen LogP contribution < -0.4 is 0 Å². The van der Waals surface area contributed by atoms with Gasteiger partial charge in [0.25, 0.3) is 0 Å². The van der Waals surface area contributed by atoms with Crippen molar-refractivity contribution in [3.05, 3.63) is 35.5 Å². The Hall–Kier alpha value is -0.900. The van der Waals surface area contributed by atoms with Crippen molar-refractivity contribution in [3.63, 3.8) is 0 Å². The Morgan fingerprint density at radius 3 is 2.40 bits per heavy atom. The van der Waals surface area contributed by atoms with Crippen LogP contribution in [-0.4, -0.2) is 14.9 Å². The average molecular weight is 334 g/mol. The summed E-state index contributed by atoms with van der Waals surface area (Å²) >= 11 is 17.7. The molecule has 1 heterocycles. The molecule has 0 atom stereocenters. The summed E-state index contributed by atoms with van der Waals surface area (Å²) in [7, 11) is 0. The highest BCUT2D eigenvalue weighted by molar-refractivity contribution is 6.66. The summed E-state index contributed by atoms with van der Waals surface area (Å²) in [5.74, 6) is 0.153. The lowest BCUT2D eigenvalue weighted by Gasteiger charge is -2.12. The van der Waals surface area contributed by atoms with E-state index in [4.69, 9.17) is 34.8 Å². The highest BCUT2D eigenvalue weighted by Crippen LogP contribution is 2.40. The molecule has 2 rings (SSSR count). The minimum Gasteiger partial charge on any atom is -0.504 e. The molecule has 0 spiro atoms. The Morgan fingerprint density at radius 1 is 1.25 bits per heavy atom. The monoisotopic (exact) mass is 332 g/mol. The van der Waals surface area contributed by atoms with Crippen LogP contribution in [0.5, 0.6) is 5.75 Å². The van der Waals surface area contributed by atoms with Gasteiger partial charge in [0.15, 0.2) is 5.75 Å². The van der Waals surface area contributed by atoms with Gasteiger partial charge in [0.1, 0.15) is 5.69 Å². The summed E-state index contributed by atoms with van der Waals surface area (Å²) in [6.07, 6.45) is 0. The van der Waals surface area contributed by atoms with Gasteiger partial charge in [-0.3, -0.25) is 4.68 Å². The van der Waals surface area contributed by atoms with Gasteiger partial charge in [-0.05, 0) is 26.8 Å². The molecule has 0 amide bonds. The highest BCUT2D eigenvalue weighted by Gasteiger charge is 2.24. The number of halogens is 3. The number of alkyl halides is 3. The van der Waals surface area contributed by atoms with E-state index in [1.165, 1.54) is 0 Å². The van der Waals surface area contributed by atoms with Crippen LogP contribution in [0.25, 0.3) is 11.3 Å². The van der Waals surface area contributed by atoms with E-state index in [1.54, 1.807) is 22.9 Å². The molecule has 20 heavy (non-hydrogen) atoms. The molecule has 0 aliphatic carbocycles. The Morgan fingerprint density at radius 2 is 1.90 bits per heavy atom. The van der Waals surface area contributed by atoms with Gasteiger partial charge in [-0.15, -0.1) is 0 Å². The van der Waals surface area contributed by atoms with Gasteiger partial charge >= 0.3 is 0 Å². The van der Waals surface area contributed by atoms with Crippen molar-refractivity contribution in [2.24, 2.45) is 0 Å². The summed E-state index contributed by atoms with van der Waals surface area (Å²) in [4.78, 5) is 0. The van der Waals surface area contributed by atoms with Crippen molar-refractivity contribution >= 4 is 34.8 Å². The van der Waals surface area contributed by atoms with Gasteiger partial charge in [-0.1, -0.05) is 53.0 Å². The zero-order valence-electron chi connectivity index (χ0n) is 11.4. The number of aromatic hydroxyl groups is 1. The van der Waals surface area contributed by atoms with Gasteiger partial charge < -0.3 is 5.11 Å². The number of benzene rings is 1. The van der Waals surface area contributed by atoms with Crippen molar-refractivity contribution in [2.45, 2.75) is 30.6 Å². The second-order valence-electron chi connectivity index (χ2n) is 4.90. The van der Waals surface area contributed by atoms with Gasteiger partial charge in [-0.2, -0.15) is 5.10 Å². The lowest BCUT2D eigenvalue weighted by Crippen LogP contribution is -2.04. The third-order valence-electron chi connectivity index (χ3n) is 3.07. The van der Waals surface area contributed by atoms with Crippen molar-refractivity contribution in [3.8, 4) is 17.0 Å². The topological polar surface area (TPSA) is 38.1 Å². The molecule has 0 aliphatic heterocycles. The zero-order valence-corrected chi connectivity index (χ0v) is 13.6. The van der Waals surface area contributed by atoms with Crippen LogP contribution in [-0.2, 0) is 3.79 Å². The zero-order chi connectivity index (χ0) is 15.1. The number of nitrogens with zero attached hydrogens (tertiary/aromatic N) is 2. The van der Waals surface area contributed by atoms with E-state index in [-0.39, 0.29) is 11.8 Å². The van der Waals surface area contributed by atoms with Gasteiger partial charge in [-0.25, -0.2) is 0 Å². The van der Waals surface area contributed by atoms with Crippen LogP contribution in [0.15, 0.2) is 24.3 Å². The largest absolute Gasteiger partial charge is 0.504 e. The lowest BCUT2D eigenvalue weighted by atomic mass is 10.1. The standard InChI is InChI=1S/C14H15Cl3N2O/c1-8(2)19-9(3)13(20)12(18-19)10-5-4-6-11(7-10)14(15,16)17/h4-8,20H,1-3H3. The third-order valence-corrected chi connectivity index (χ3v) is 3.73.